The Balaban J connectivity index is 1.29. The molecule has 5 rings (SSSR count). The van der Waals surface area contributed by atoms with E-state index in [2.05, 4.69) is 38.2 Å². The van der Waals surface area contributed by atoms with E-state index < -0.39 is 0 Å². The molecule has 0 bridgehead atoms. The van der Waals surface area contributed by atoms with E-state index in [9.17, 15) is 4.79 Å². The number of aromatic nitrogens is 1. The monoisotopic (exact) mass is 543 g/mol. The molecule has 0 radical (unpaired) electrons. The number of benzene rings is 3. The fourth-order valence-corrected chi connectivity index (χ4v) is 3.88. The Morgan fingerprint density at radius 2 is 1.90 bits per heavy atom. The van der Waals surface area contributed by atoms with Crippen molar-refractivity contribution in [3.05, 3.63) is 69.8 Å². The lowest BCUT2D eigenvalue weighted by Gasteiger charge is -2.09. The number of oxazole rings is 1. The minimum atomic E-state index is -0.348. The van der Waals surface area contributed by atoms with Gasteiger partial charge in [0.2, 0.25) is 12.7 Å². The van der Waals surface area contributed by atoms with Gasteiger partial charge in [-0.3, -0.25) is 10.1 Å². The second-order valence-corrected chi connectivity index (χ2v) is 8.34. The summed E-state index contributed by atoms with van der Waals surface area (Å²) in [5.74, 6) is 1.35. The summed E-state index contributed by atoms with van der Waals surface area (Å²) >= 11 is 7.54. The molecule has 4 aromatic rings. The lowest BCUT2D eigenvalue weighted by molar-refractivity contribution is 0.0977. The van der Waals surface area contributed by atoms with Crippen molar-refractivity contribution in [3.8, 4) is 23.0 Å². The first-order chi connectivity index (χ1) is 15.0. The average molecular weight is 543 g/mol. The van der Waals surface area contributed by atoms with Crippen LogP contribution in [0.3, 0.4) is 0 Å². The van der Waals surface area contributed by atoms with Gasteiger partial charge in [-0.25, -0.2) is 4.98 Å². The minimum absolute atomic E-state index is 0.149. The van der Waals surface area contributed by atoms with Crippen LogP contribution in [0.4, 0.5) is 5.69 Å². The third-order valence-electron chi connectivity index (χ3n) is 4.58. The van der Waals surface area contributed by atoms with Gasteiger partial charge in [-0.15, -0.1) is 0 Å². The van der Waals surface area contributed by atoms with E-state index in [1.54, 1.807) is 18.2 Å². The molecule has 3 aromatic carbocycles. The van der Waals surface area contributed by atoms with Gasteiger partial charge in [0.1, 0.15) is 5.52 Å². The Labute approximate surface area is 195 Å². The van der Waals surface area contributed by atoms with Gasteiger partial charge in [-0.05, 0) is 89.4 Å². The number of fused-ring (bicyclic) bond motifs is 2. The molecule has 0 unspecified atom stereocenters. The Morgan fingerprint density at radius 3 is 2.77 bits per heavy atom. The van der Waals surface area contributed by atoms with Crippen LogP contribution in [0.15, 0.2) is 65.1 Å². The van der Waals surface area contributed by atoms with Crippen LogP contribution in [-0.4, -0.2) is 22.8 Å². The van der Waals surface area contributed by atoms with Crippen molar-refractivity contribution in [1.82, 2.24) is 10.3 Å². The van der Waals surface area contributed by atoms with Gasteiger partial charge < -0.3 is 19.2 Å². The quantitative estimate of drug-likeness (QED) is 0.279. The number of nitrogens with zero attached hydrogens (tertiary/aromatic N) is 1. The molecular formula is C22H14IN3O4S. The number of ether oxygens (including phenoxy) is 2. The van der Waals surface area contributed by atoms with Crippen LogP contribution in [0.5, 0.6) is 11.5 Å². The molecule has 0 spiro atoms. The summed E-state index contributed by atoms with van der Waals surface area (Å²) in [5, 5.41) is 5.84. The number of anilines is 1. The van der Waals surface area contributed by atoms with Crippen LogP contribution in [0, 0.1) is 3.57 Å². The van der Waals surface area contributed by atoms with E-state index in [4.69, 9.17) is 26.1 Å². The smallest absolute Gasteiger partial charge is 0.257 e. The number of nitrogens with one attached hydrogen (secondary N) is 2. The molecule has 0 fully saturated rings. The maximum atomic E-state index is 12.5. The highest BCUT2D eigenvalue weighted by atomic mass is 127. The van der Waals surface area contributed by atoms with Crippen molar-refractivity contribution in [2.75, 3.05) is 12.1 Å². The molecule has 1 aliphatic rings. The molecule has 1 aliphatic heterocycles. The normalized spacial score (nSPS) is 12.0. The van der Waals surface area contributed by atoms with E-state index in [0.717, 1.165) is 9.13 Å². The first-order valence-corrected chi connectivity index (χ1v) is 10.7. The zero-order valence-electron chi connectivity index (χ0n) is 15.8. The zero-order chi connectivity index (χ0) is 21.4. The first kappa shape index (κ1) is 19.8. The largest absolute Gasteiger partial charge is 0.454 e. The van der Waals surface area contributed by atoms with Crippen LogP contribution < -0.4 is 20.1 Å². The van der Waals surface area contributed by atoms with Crippen molar-refractivity contribution in [2.45, 2.75) is 0 Å². The maximum Gasteiger partial charge on any atom is 0.257 e. The van der Waals surface area contributed by atoms with Gasteiger partial charge in [0.05, 0.1) is 0 Å². The summed E-state index contributed by atoms with van der Waals surface area (Å²) in [6.07, 6.45) is 0. The summed E-state index contributed by atoms with van der Waals surface area (Å²) in [6.45, 7) is 0.149. The highest BCUT2D eigenvalue weighted by Crippen LogP contribution is 2.32. The standard InChI is InChI=1S/C22H14IN3O4S/c23-14-3-1-2-13(8-14)21-25-16-10-15(5-7-17(16)30-21)24-22(31)26-20(27)12-4-6-18-19(9-12)29-11-28-18/h1-10H,11H2,(H2,24,26,27,31). The molecule has 0 aliphatic carbocycles. The number of carbonyl (C=O) groups is 1. The molecule has 1 aromatic heterocycles. The Kier molecular flexibility index (Phi) is 5.20. The van der Waals surface area contributed by atoms with E-state index in [-0.39, 0.29) is 17.8 Å². The third-order valence-corrected chi connectivity index (χ3v) is 5.45. The van der Waals surface area contributed by atoms with Crippen molar-refractivity contribution >= 4 is 62.6 Å². The van der Waals surface area contributed by atoms with Gasteiger partial charge in [-0.2, -0.15) is 0 Å². The van der Waals surface area contributed by atoms with Crippen LogP contribution in [0.25, 0.3) is 22.6 Å². The predicted molar refractivity (Wildman–Crippen MR) is 128 cm³/mol. The van der Waals surface area contributed by atoms with Crippen LogP contribution in [0.2, 0.25) is 0 Å². The molecule has 0 saturated carbocycles. The van der Waals surface area contributed by atoms with Gasteiger partial charge in [0.15, 0.2) is 22.2 Å². The predicted octanol–water partition coefficient (Wildman–Crippen LogP) is 4.95. The SMILES string of the molecule is O=C(NC(=S)Nc1ccc2oc(-c3cccc(I)c3)nc2c1)c1ccc2c(c1)OCO2. The molecule has 31 heavy (non-hydrogen) atoms. The van der Waals surface area contributed by atoms with Crippen molar-refractivity contribution < 1.29 is 18.7 Å². The van der Waals surface area contributed by atoms with E-state index >= 15 is 0 Å². The number of carbonyl (C=O) groups excluding carboxylic acids is 1. The van der Waals surface area contributed by atoms with Crippen molar-refractivity contribution in [2.24, 2.45) is 0 Å². The molecule has 7 nitrogen and oxygen atoms in total. The second kappa shape index (κ2) is 8.16. The number of rotatable bonds is 3. The fraction of sp³-hybridized carbons (Fsp3) is 0.0455. The maximum absolute atomic E-state index is 12.5. The van der Waals surface area contributed by atoms with E-state index in [0.29, 0.717) is 39.7 Å². The Hall–Kier alpha value is -3.18. The Bertz CT molecular complexity index is 1340. The number of halogens is 1. The van der Waals surface area contributed by atoms with Gasteiger partial charge in [0, 0.05) is 20.4 Å². The summed E-state index contributed by atoms with van der Waals surface area (Å²) in [6, 6.07) is 18.3. The summed E-state index contributed by atoms with van der Waals surface area (Å²) in [7, 11) is 0. The zero-order valence-corrected chi connectivity index (χ0v) is 18.8. The number of thiocarbonyl (C=S) groups is 1. The number of hydrogen-bond donors (Lipinski definition) is 2. The van der Waals surface area contributed by atoms with Gasteiger partial charge in [-0.1, -0.05) is 6.07 Å². The molecule has 154 valence electrons. The second-order valence-electron chi connectivity index (χ2n) is 6.69. The summed E-state index contributed by atoms with van der Waals surface area (Å²) in [5.41, 5.74) is 3.36. The minimum Gasteiger partial charge on any atom is -0.454 e. The number of amides is 1. The lowest BCUT2D eigenvalue weighted by Crippen LogP contribution is -2.34. The molecular weight excluding hydrogens is 529 g/mol. The summed E-state index contributed by atoms with van der Waals surface area (Å²) in [4.78, 5) is 17.0. The molecule has 0 atom stereocenters. The van der Waals surface area contributed by atoms with Gasteiger partial charge in [0.25, 0.3) is 5.91 Å². The Morgan fingerprint density at radius 1 is 1.03 bits per heavy atom. The van der Waals surface area contributed by atoms with Crippen molar-refractivity contribution in [1.29, 1.82) is 0 Å². The van der Waals surface area contributed by atoms with E-state index in [1.165, 1.54) is 0 Å². The van der Waals surface area contributed by atoms with E-state index in [1.807, 2.05) is 42.5 Å². The highest BCUT2D eigenvalue weighted by molar-refractivity contribution is 14.1. The topological polar surface area (TPSA) is 85.6 Å². The molecule has 9 heteroatoms. The fourth-order valence-electron chi connectivity index (χ4n) is 3.13. The van der Waals surface area contributed by atoms with Crippen LogP contribution in [0.1, 0.15) is 10.4 Å². The lowest BCUT2D eigenvalue weighted by atomic mass is 10.2. The number of hydrogen-bond acceptors (Lipinski definition) is 6. The third kappa shape index (κ3) is 4.19. The molecule has 2 heterocycles. The van der Waals surface area contributed by atoms with Crippen LogP contribution in [-0.2, 0) is 0 Å². The average Bonchev–Trinajstić information content (AvgIpc) is 3.39. The first-order valence-electron chi connectivity index (χ1n) is 9.24. The highest BCUT2D eigenvalue weighted by Gasteiger charge is 2.17. The van der Waals surface area contributed by atoms with Gasteiger partial charge >= 0.3 is 0 Å². The molecule has 2 N–H and O–H groups in total. The summed E-state index contributed by atoms with van der Waals surface area (Å²) < 4.78 is 17.5. The van der Waals surface area contributed by atoms with Crippen molar-refractivity contribution in [3.63, 3.8) is 0 Å². The van der Waals surface area contributed by atoms with Crippen LogP contribution >= 0.6 is 34.8 Å². The molecule has 1 amide bonds. The molecule has 0 saturated heterocycles.